The molecule has 0 radical (unpaired) electrons. The number of nitrogens with zero attached hydrogens (tertiary/aromatic N) is 5. The van der Waals surface area contributed by atoms with E-state index in [4.69, 9.17) is 4.74 Å². The highest BCUT2D eigenvalue weighted by Gasteiger charge is 2.24. The Labute approximate surface area is 118 Å². The summed E-state index contributed by atoms with van der Waals surface area (Å²) in [6.45, 7) is 1.83. The van der Waals surface area contributed by atoms with Gasteiger partial charge in [0.1, 0.15) is 11.4 Å². The van der Waals surface area contributed by atoms with Gasteiger partial charge in [0.05, 0.1) is 23.0 Å². The highest BCUT2D eigenvalue weighted by molar-refractivity contribution is 5.58. The fourth-order valence-electron chi connectivity index (χ4n) is 1.84. The molecule has 2 rings (SSSR count). The molecule has 0 saturated heterocycles. The van der Waals surface area contributed by atoms with Crippen LogP contribution in [0.1, 0.15) is 12.6 Å². The molecule has 0 bridgehead atoms. The third kappa shape index (κ3) is 2.50. The van der Waals surface area contributed by atoms with Crippen LogP contribution >= 0.6 is 0 Å². The lowest BCUT2D eigenvalue weighted by atomic mass is 10.2. The monoisotopic (exact) mass is 293 g/mol. The van der Waals surface area contributed by atoms with Gasteiger partial charge < -0.3 is 4.74 Å². The number of hydrogen-bond acceptors (Lipinski definition) is 7. The average molecular weight is 293 g/mol. The highest BCUT2D eigenvalue weighted by Crippen LogP contribution is 2.30. The van der Waals surface area contributed by atoms with E-state index in [9.17, 15) is 20.2 Å². The molecule has 0 fully saturated rings. The number of non-ortho nitro benzene ring substituents is 1. The van der Waals surface area contributed by atoms with E-state index in [-0.39, 0.29) is 17.3 Å². The molecule has 0 atom stereocenters. The number of nitro benzene ring substituents is 2. The summed E-state index contributed by atoms with van der Waals surface area (Å²) >= 11 is 0. The Hall–Kier alpha value is -3.04. The van der Waals surface area contributed by atoms with Crippen molar-refractivity contribution in [1.29, 1.82) is 0 Å². The van der Waals surface area contributed by atoms with Crippen molar-refractivity contribution < 1.29 is 14.6 Å². The molecule has 0 unspecified atom stereocenters. The second-order valence-electron chi connectivity index (χ2n) is 4.00. The van der Waals surface area contributed by atoms with E-state index in [1.54, 1.807) is 0 Å². The zero-order valence-corrected chi connectivity index (χ0v) is 11.2. The van der Waals surface area contributed by atoms with Gasteiger partial charge >= 0.3 is 5.69 Å². The third-order valence-electron chi connectivity index (χ3n) is 2.82. The Morgan fingerprint density at radius 3 is 2.52 bits per heavy atom. The minimum Gasteiger partial charge on any atom is -0.480 e. The van der Waals surface area contributed by atoms with Crippen LogP contribution in [0, 0.1) is 20.2 Å². The van der Waals surface area contributed by atoms with E-state index in [0.717, 1.165) is 16.8 Å². The predicted octanol–water partition coefficient (Wildman–Crippen LogP) is 1.65. The van der Waals surface area contributed by atoms with Gasteiger partial charge in [0.2, 0.25) is 5.88 Å². The second kappa shape index (κ2) is 5.53. The first-order chi connectivity index (χ1) is 9.99. The Morgan fingerprint density at radius 1 is 1.29 bits per heavy atom. The lowest BCUT2D eigenvalue weighted by molar-refractivity contribution is -0.394. The van der Waals surface area contributed by atoms with Crippen molar-refractivity contribution in [3.63, 3.8) is 0 Å². The van der Waals surface area contributed by atoms with Gasteiger partial charge in [-0.25, -0.2) is 0 Å². The summed E-state index contributed by atoms with van der Waals surface area (Å²) in [6, 6.07) is 3.28. The molecule has 0 saturated carbocycles. The summed E-state index contributed by atoms with van der Waals surface area (Å²) in [4.78, 5) is 20.4. The summed E-state index contributed by atoms with van der Waals surface area (Å²) in [5, 5.41) is 29.5. The number of benzene rings is 1. The van der Waals surface area contributed by atoms with Crippen LogP contribution in [0.3, 0.4) is 0 Å². The van der Waals surface area contributed by atoms with E-state index in [2.05, 4.69) is 10.3 Å². The van der Waals surface area contributed by atoms with Crippen LogP contribution in [0.4, 0.5) is 11.4 Å². The number of hydrogen-bond donors (Lipinski definition) is 0. The van der Waals surface area contributed by atoms with Crippen LogP contribution in [0.5, 0.6) is 5.88 Å². The number of rotatable bonds is 5. The normalized spacial score (nSPS) is 10.4. The SMILES string of the molecule is CCc1nnn(-c2ccc([N+](=O)[O-])cc2[N+](=O)[O-])c1OC. The van der Waals surface area contributed by atoms with E-state index in [1.807, 2.05) is 6.92 Å². The fourth-order valence-corrected chi connectivity index (χ4v) is 1.84. The van der Waals surface area contributed by atoms with Gasteiger partial charge in [0.25, 0.3) is 5.69 Å². The molecular weight excluding hydrogens is 282 g/mol. The Morgan fingerprint density at radius 2 is 2.00 bits per heavy atom. The van der Waals surface area contributed by atoms with Gasteiger partial charge in [-0.3, -0.25) is 20.2 Å². The maximum Gasteiger partial charge on any atom is 0.301 e. The van der Waals surface area contributed by atoms with E-state index < -0.39 is 15.5 Å². The molecule has 10 heteroatoms. The van der Waals surface area contributed by atoms with E-state index in [0.29, 0.717) is 12.1 Å². The lowest BCUT2D eigenvalue weighted by Crippen LogP contribution is -2.05. The van der Waals surface area contributed by atoms with Crippen LogP contribution in [-0.2, 0) is 6.42 Å². The first-order valence-corrected chi connectivity index (χ1v) is 5.91. The maximum absolute atomic E-state index is 11.1. The molecule has 0 N–H and O–H groups in total. The molecule has 1 heterocycles. The van der Waals surface area contributed by atoms with Gasteiger partial charge in [0, 0.05) is 6.07 Å². The van der Waals surface area contributed by atoms with Crippen LogP contribution < -0.4 is 4.74 Å². The van der Waals surface area contributed by atoms with Crippen molar-refractivity contribution in [3.05, 3.63) is 44.1 Å². The third-order valence-corrected chi connectivity index (χ3v) is 2.82. The van der Waals surface area contributed by atoms with Crippen LogP contribution in [0.25, 0.3) is 5.69 Å². The van der Waals surface area contributed by atoms with Gasteiger partial charge in [-0.15, -0.1) is 5.10 Å². The molecular formula is C11H11N5O5. The molecule has 0 aliphatic heterocycles. The fraction of sp³-hybridized carbons (Fsp3) is 0.273. The zero-order valence-electron chi connectivity index (χ0n) is 11.2. The van der Waals surface area contributed by atoms with E-state index >= 15 is 0 Å². The van der Waals surface area contributed by atoms with E-state index in [1.165, 1.54) is 13.2 Å². The average Bonchev–Trinajstić information content (AvgIpc) is 2.88. The van der Waals surface area contributed by atoms with Crippen molar-refractivity contribution in [2.45, 2.75) is 13.3 Å². The molecule has 10 nitrogen and oxygen atoms in total. The number of aryl methyl sites for hydroxylation is 1. The van der Waals surface area contributed by atoms with Crippen molar-refractivity contribution in [3.8, 4) is 11.6 Å². The summed E-state index contributed by atoms with van der Waals surface area (Å²) in [7, 11) is 1.39. The summed E-state index contributed by atoms with van der Waals surface area (Å²) < 4.78 is 6.31. The molecule has 0 aliphatic carbocycles. The first kappa shape index (κ1) is 14.4. The summed E-state index contributed by atoms with van der Waals surface area (Å²) in [5.74, 6) is 0.259. The van der Waals surface area contributed by atoms with Crippen molar-refractivity contribution in [2.75, 3.05) is 7.11 Å². The molecule has 0 amide bonds. The summed E-state index contributed by atoms with van der Waals surface area (Å²) in [6.07, 6.45) is 0.532. The topological polar surface area (TPSA) is 126 Å². The quantitative estimate of drug-likeness (QED) is 0.605. The van der Waals surface area contributed by atoms with Crippen molar-refractivity contribution >= 4 is 11.4 Å². The minimum absolute atomic E-state index is 0.0506. The maximum atomic E-state index is 11.1. The van der Waals surface area contributed by atoms with Gasteiger partial charge in [-0.1, -0.05) is 12.1 Å². The van der Waals surface area contributed by atoms with Gasteiger partial charge in [-0.05, 0) is 12.5 Å². The smallest absolute Gasteiger partial charge is 0.301 e. The first-order valence-electron chi connectivity index (χ1n) is 5.91. The Balaban J connectivity index is 2.66. The Kier molecular flexibility index (Phi) is 3.78. The molecule has 0 aliphatic rings. The second-order valence-corrected chi connectivity index (χ2v) is 4.00. The highest BCUT2D eigenvalue weighted by atomic mass is 16.6. The molecule has 1 aromatic carbocycles. The largest absolute Gasteiger partial charge is 0.480 e. The van der Waals surface area contributed by atoms with Crippen molar-refractivity contribution in [2.24, 2.45) is 0 Å². The van der Waals surface area contributed by atoms with Crippen LogP contribution in [0.15, 0.2) is 18.2 Å². The lowest BCUT2D eigenvalue weighted by Gasteiger charge is -2.06. The molecule has 110 valence electrons. The zero-order chi connectivity index (χ0) is 15.6. The molecule has 0 spiro atoms. The minimum atomic E-state index is -0.713. The number of methoxy groups -OCH3 is 1. The summed E-state index contributed by atoms with van der Waals surface area (Å²) in [5.41, 5.74) is -0.241. The molecule has 21 heavy (non-hydrogen) atoms. The van der Waals surface area contributed by atoms with Gasteiger partial charge in [-0.2, -0.15) is 4.68 Å². The van der Waals surface area contributed by atoms with Crippen LogP contribution in [0.2, 0.25) is 0 Å². The molecule has 1 aromatic heterocycles. The molecule has 2 aromatic rings. The van der Waals surface area contributed by atoms with Crippen molar-refractivity contribution in [1.82, 2.24) is 15.0 Å². The standard InChI is InChI=1S/C11H11N5O5/c1-3-8-11(21-2)14(13-12-8)9-5-4-7(15(17)18)6-10(9)16(19)20/h4-6H,3H2,1-2H3. The number of ether oxygens (including phenoxy) is 1. The Bertz CT molecular complexity index is 711. The number of aromatic nitrogens is 3. The predicted molar refractivity (Wildman–Crippen MR) is 70.6 cm³/mol. The van der Waals surface area contributed by atoms with Gasteiger partial charge in [0.15, 0.2) is 0 Å². The van der Waals surface area contributed by atoms with Crippen LogP contribution in [-0.4, -0.2) is 32.0 Å². The number of nitro groups is 2.